The molecule has 5 rings (SSSR count). The van der Waals surface area contributed by atoms with Gasteiger partial charge in [0.2, 0.25) is 0 Å². The minimum atomic E-state index is -0.646. The lowest BCUT2D eigenvalue weighted by molar-refractivity contribution is -0.272. The molecule has 94 heavy (non-hydrogen) atoms. The number of methoxy groups -OCH3 is 17. The second-order valence-corrected chi connectivity index (χ2v) is 23.8. The molecule has 5 aliphatic rings. The third kappa shape index (κ3) is 89.0. The molecule has 0 aromatic carbocycles. The Bertz CT molecular complexity index is 1200. The zero-order chi connectivity index (χ0) is 72.6. The van der Waals surface area contributed by atoms with Crippen LogP contribution in [0.3, 0.4) is 0 Å². The minimum Gasteiger partial charge on any atom is -0.382 e. The molecule has 0 bridgehead atoms. The van der Waals surface area contributed by atoms with E-state index in [1.165, 1.54) is 45.0 Å². The molecule has 9 atom stereocenters. The Hall–Kier alpha value is 0.920. The van der Waals surface area contributed by atoms with Crippen LogP contribution in [-0.4, -0.2) is 302 Å². The number of halogens is 3. The van der Waals surface area contributed by atoms with Crippen molar-refractivity contribution in [3.63, 3.8) is 0 Å². The van der Waals surface area contributed by atoms with Crippen LogP contribution >= 0.6 is 70.1 Å². The maximum absolute atomic E-state index is 5.37. The molecule has 5 heterocycles. The lowest BCUT2D eigenvalue weighted by Gasteiger charge is -2.26. The van der Waals surface area contributed by atoms with Gasteiger partial charge in [-0.25, -0.2) is 0 Å². The highest BCUT2D eigenvalue weighted by Gasteiger charge is 2.21. The third-order valence-corrected chi connectivity index (χ3v) is 15.6. The maximum atomic E-state index is 5.37. The van der Waals surface area contributed by atoms with Gasteiger partial charge in [0.05, 0.1) is 57.8 Å². The normalized spacial score (nSPS) is 20.9. The largest absolute Gasteiger partial charge is 0.382 e. The molecule has 5 fully saturated rings. The molecule has 0 aliphatic carbocycles. The van der Waals surface area contributed by atoms with E-state index in [9.17, 15) is 0 Å². The zero-order valence-electron chi connectivity index (χ0n) is 62.3. The summed E-state index contributed by atoms with van der Waals surface area (Å²) >= 11 is 21.5. The average Bonchev–Trinajstić information content (AvgIpc) is 4.28. The summed E-state index contributed by atoms with van der Waals surface area (Å²) in [6.07, 6.45) is 16.7. The third-order valence-electron chi connectivity index (χ3n) is 12.0. The van der Waals surface area contributed by atoms with Gasteiger partial charge in [0, 0.05) is 177 Å². The fourth-order valence-electron chi connectivity index (χ4n) is 6.33. The first kappa shape index (κ1) is 108. The predicted molar refractivity (Wildman–Crippen MR) is 381 cm³/mol. The Kier molecular flexibility index (Phi) is 106. The van der Waals surface area contributed by atoms with Gasteiger partial charge in [-0.3, -0.25) is 0 Å². The molecule has 0 N–H and O–H groups in total. The van der Waals surface area contributed by atoms with Gasteiger partial charge in [-0.1, -0.05) is 0 Å². The van der Waals surface area contributed by atoms with Crippen molar-refractivity contribution < 1.29 is 118 Å². The molecule has 0 radical (unpaired) electrons. The monoisotopic (exact) mass is 1490 g/mol. The Morgan fingerprint density at radius 3 is 1.23 bits per heavy atom. The van der Waals surface area contributed by atoms with Gasteiger partial charge < -0.3 is 118 Å². The van der Waals surface area contributed by atoms with Crippen molar-refractivity contribution in [2.45, 2.75) is 178 Å². The van der Waals surface area contributed by atoms with Gasteiger partial charge in [-0.05, 0) is 111 Å². The summed E-state index contributed by atoms with van der Waals surface area (Å²) in [5.41, 5.74) is 0.912. The SMILES string of the molecule is CCOC(C)OC.COC(C)(C)OC.COC(C)OCCCl.COC(OCCCl)OCCCl.COC1CCC(OC)OC1.COC1CCC(OC)SC1.COC1CCCCO1.COC1CCCCS1.COC1CCCO1.COCCOCOC.COCOC.COCSC. The predicted octanol–water partition coefficient (Wildman–Crippen LogP) is 12.2. The van der Waals surface area contributed by atoms with E-state index in [1.807, 2.05) is 64.4 Å². The molecule has 5 saturated heterocycles. The molecule has 0 aromatic heterocycles. The Labute approximate surface area is 599 Å². The van der Waals surface area contributed by atoms with Crippen molar-refractivity contribution in [2.24, 2.45) is 0 Å². The van der Waals surface area contributed by atoms with Crippen molar-refractivity contribution in [3.05, 3.63) is 0 Å². The van der Waals surface area contributed by atoms with Crippen LogP contribution in [0.5, 0.6) is 0 Å². The van der Waals surface area contributed by atoms with E-state index in [0.29, 0.717) is 87.8 Å². The summed E-state index contributed by atoms with van der Waals surface area (Å²) < 4.78 is 123. The van der Waals surface area contributed by atoms with Gasteiger partial charge in [-0.2, -0.15) is 0 Å². The van der Waals surface area contributed by atoms with Gasteiger partial charge in [-0.15, -0.1) is 70.1 Å². The van der Waals surface area contributed by atoms with E-state index in [4.69, 9.17) is 134 Å². The van der Waals surface area contributed by atoms with Crippen LogP contribution in [0.25, 0.3) is 0 Å². The highest BCUT2D eigenvalue weighted by atomic mass is 35.5. The molecule has 5 aliphatic heterocycles. The van der Waals surface area contributed by atoms with E-state index in [1.54, 1.807) is 126 Å². The summed E-state index contributed by atoms with van der Waals surface area (Å²) in [6.45, 7) is 15.2. The first-order valence-corrected chi connectivity index (χ1v) is 36.6. The van der Waals surface area contributed by atoms with Crippen molar-refractivity contribution >= 4 is 70.1 Å². The fraction of sp³-hybridized carbons (Fsp3) is 1.00. The van der Waals surface area contributed by atoms with E-state index in [2.05, 4.69) is 18.9 Å². The Morgan fingerprint density at radius 2 is 0.947 bits per heavy atom. The van der Waals surface area contributed by atoms with E-state index in [-0.39, 0.29) is 37.6 Å². The zero-order valence-corrected chi connectivity index (χ0v) is 67.1. The van der Waals surface area contributed by atoms with Crippen LogP contribution in [-0.2, 0) is 118 Å². The first-order valence-electron chi connectivity index (χ1n) is 31.5. The molecule has 0 amide bonds. The molecule has 9 unspecified atom stereocenters. The van der Waals surface area contributed by atoms with Crippen molar-refractivity contribution in [1.82, 2.24) is 0 Å². The van der Waals surface area contributed by atoms with Crippen molar-refractivity contribution in [2.75, 3.05) is 235 Å². The van der Waals surface area contributed by atoms with Crippen LogP contribution < -0.4 is 0 Å². The quantitative estimate of drug-likeness (QED) is 0.0346. The first-order chi connectivity index (χ1) is 45.3. The number of hydrogen-bond acceptors (Lipinski definition) is 28. The number of rotatable bonds is 32. The smallest absolute Gasteiger partial charge is 0.271 e. The number of alkyl halides is 3. The topological polar surface area (TPSA) is 231 Å². The number of thioether (sulfide) groups is 3. The van der Waals surface area contributed by atoms with Gasteiger partial charge >= 0.3 is 0 Å². The second-order valence-electron chi connectivity index (χ2n) is 19.4. The van der Waals surface area contributed by atoms with Gasteiger partial charge in [0.25, 0.3) is 6.48 Å². The molecular weight excluding hydrogens is 1360 g/mol. The minimum absolute atomic E-state index is 0.00796. The average molecular weight is 1500 g/mol. The van der Waals surface area contributed by atoms with Crippen LogP contribution in [0, 0.1) is 0 Å². The highest BCUT2D eigenvalue weighted by Crippen LogP contribution is 2.27. The summed E-state index contributed by atoms with van der Waals surface area (Å²) in [5, 5.41) is 0. The Balaban J connectivity index is -0.000000177. The van der Waals surface area contributed by atoms with Crippen LogP contribution in [0.15, 0.2) is 0 Å². The molecular formula is C63H137Cl3O25S3. The molecule has 578 valence electrons. The van der Waals surface area contributed by atoms with Crippen molar-refractivity contribution in [3.8, 4) is 0 Å². The molecule has 0 aromatic rings. The van der Waals surface area contributed by atoms with Crippen LogP contribution in [0.1, 0.15) is 112 Å². The molecule has 0 spiro atoms. The lowest BCUT2D eigenvalue weighted by Crippen LogP contribution is -2.31. The molecule has 25 nitrogen and oxygen atoms in total. The van der Waals surface area contributed by atoms with Crippen molar-refractivity contribution in [1.29, 1.82) is 0 Å². The van der Waals surface area contributed by atoms with Crippen LogP contribution in [0.2, 0.25) is 0 Å². The summed E-state index contributed by atoms with van der Waals surface area (Å²) in [7, 11) is 28.1. The summed E-state index contributed by atoms with van der Waals surface area (Å²) in [6, 6.07) is 0. The second kappa shape index (κ2) is 91.9. The standard InChI is InChI=1S/C7H14O3.C7H14O2S.C6H12Cl2O3.C6H12O2.C6H12OS.C5H11ClO2.C5H12O3.C5H10O2.2C5H12O2.C3H8O2.C3H8OS/c2*1-8-6-3-4-7(9-2)10-5-6;1-9-6(10-4-2-7)11-5-3-8;2*1-7-6-4-2-3-5-8-6;1-5(7-2)8-4-3-6;1-6-3-4-8-5-7-2;1-6-5-3-2-4-7-5;1-5(2,6-3)7-4;1-4-7-5(2)6-3;2*1-4-3-5-2/h2*6-7H,3-5H2,1-2H3;6H,2-5H2,1H3;2*6H,2-5H2,1H3;5H,3-4H2,1-2H3;3-5H2,1-2H3;5H,2-4H2,1H3;1-4H3;5H,4H2,1-3H3;2*3H2,1-2H3. The Morgan fingerprint density at radius 1 is 0.457 bits per heavy atom. The molecule has 0 saturated carbocycles. The highest BCUT2D eigenvalue weighted by molar-refractivity contribution is 8.00. The van der Waals surface area contributed by atoms with E-state index < -0.39 is 12.3 Å². The summed E-state index contributed by atoms with van der Waals surface area (Å²) in [5.74, 6) is 4.12. The van der Waals surface area contributed by atoms with Gasteiger partial charge in [0.1, 0.15) is 24.5 Å². The van der Waals surface area contributed by atoms with Gasteiger partial charge in [0.15, 0.2) is 37.2 Å². The summed E-state index contributed by atoms with van der Waals surface area (Å²) in [4.78, 5) is 0. The van der Waals surface area contributed by atoms with E-state index in [0.717, 1.165) is 76.5 Å². The lowest BCUT2D eigenvalue weighted by atomic mass is 10.1. The van der Waals surface area contributed by atoms with Crippen LogP contribution in [0.4, 0.5) is 0 Å². The number of hydrogen-bond donors (Lipinski definition) is 0. The maximum Gasteiger partial charge on any atom is 0.271 e. The van der Waals surface area contributed by atoms with E-state index >= 15 is 0 Å². The number of ether oxygens (including phenoxy) is 25. The molecule has 31 heteroatoms. The fourth-order valence-corrected chi connectivity index (χ4v) is 9.11.